The molecule has 8 heteroatoms. The molecule has 0 aliphatic heterocycles. The summed E-state index contributed by atoms with van der Waals surface area (Å²) in [7, 11) is 1.56. The molecule has 2 N–H and O–H groups in total. The summed E-state index contributed by atoms with van der Waals surface area (Å²) in [5, 5.41) is 5.63. The van der Waals surface area contributed by atoms with Crippen LogP contribution in [-0.4, -0.2) is 38.7 Å². The first-order chi connectivity index (χ1) is 14.5. The van der Waals surface area contributed by atoms with Crippen molar-refractivity contribution < 1.29 is 23.5 Å². The fourth-order valence-corrected chi connectivity index (χ4v) is 2.60. The maximum Gasteiger partial charge on any atom is 0.231 e. The zero-order valence-electron chi connectivity index (χ0n) is 16.9. The van der Waals surface area contributed by atoms with Gasteiger partial charge in [-0.25, -0.2) is 4.39 Å². The molecule has 0 saturated heterocycles. The molecular weight excluding hydrogens is 389 g/mol. The van der Waals surface area contributed by atoms with Gasteiger partial charge in [0.1, 0.15) is 24.5 Å². The van der Waals surface area contributed by atoms with Crippen LogP contribution in [0.25, 0.3) is 5.70 Å². The third-order valence-corrected chi connectivity index (χ3v) is 3.90. The van der Waals surface area contributed by atoms with Gasteiger partial charge < -0.3 is 24.9 Å². The smallest absolute Gasteiger partial charge is 0.231 e. The number of halogens is 1. The number of benzene rings is 2. The van der Waals surface area contributed by atoms with Gasteiger partial charge in [0.2, 0.25) is 5.91 Å². The van der Waals surface area contributed by atoms with Gasteiger partial charge in [0.05, 0.1) is 24.3 Å². The Hall–Kier alpha value is -3.52. The Kier molecular flexibility index (Phi) is 8.71. The lowest BCUT2D eigenvalue weighted by atomic mass is 10.1. The number of aldehydes is 1. The van der Waals surface area contributed by atoms with E-state index in [1.165, 1.54) is 6.07 Å². The molecule has 0 bridgehead atoms. The minimum atomic E-state index is -0.527. The predicted molar refractivity (Wildman–Crippen MR) is 116 cm³/mol. The third-order valence-electron chi connectivity index (χ3n) is 3.90. The lowest BCUT2D eigenvalue weighted by Crippen LogP contribution is -2.11. The molecular formula is C22H24FN3O4. The number of aliphatic imine (C=N–C) groups is 1. The Bertz CT molecular complexity index is 927. The zero-order chi connectivity index (χ0) is 21.9. The van der Waals surface area contributed by atoms with Crippen molar-refractivity contribution >= 4 is 41.2 Å². The minimum Gasteiger partial charge on any atom is -0.491 e. The number of carbonyl (C=O) groups excluding carboxylic acids is 2. The molecule has 2 rings (SSSR count). The Labute approximate surface area is 174 Å². The number of hydrogen-bond acceptors (Lipinski definition) is 6. The second-order valence-corrected chi connectivity index (χ2v) is 6.13. The van der Waals surface area contributed by atoms with Crippen LogP contribution in [0.3, 0.4) is 0 Å². The van der Waals surface area contributed by atoms with E-state index in [1.54, 1.807) is 50.6 Å². The highest BCUT2D eigenvalue weighted by molar-refractivity contribution is 5.98. The molecule has 0 fully saturated rings. The first-order valence-corrected chi connectivity index (χ1v) is 9.22. The van der Waals surface area contributed by atoms with Crippen molar-refractivity contribution in [1.82, 2.24) is 0 Å². The first kappa shape index (κ1) is 22.8. The van der Waals surface area contributed by atoms with Crippen LogP contribution in [0.2, 0.25) is 0 Å². The molecule has 0 radical (unpaired) electrons. The largest absolute Gasteiger partial charge is 0.491 e. The summed E-state index contributed by atoms with van der Waals surface area (Å²) in [4.78, 5) is 26.1. The van der Waals surface area contributed by atoms with E-state index < -0.39 is 11.7 Å². The lowest BCUT2D eigenvalue weighted by molar-refractivity contribution is -0.119. The molecule has 30 heavy (non-hydrogen) atoms. The molecule has 0 atom stereocenters. The Morgan fingerprint density at radius 3 is 2.43 bits per heavy atom. The van der Waals surface area contributed by atoms with Gasteiger partial charge in [-0.15, -0.1) is 0 Å². The van der Waals surface area contributed by atoms with Crippen LogP contribution >= 0.6 is 0 Å². The molecule has 0 aromatic heterocycles. The van der Waals surface area contributed by atoms with Crippen molar-refractivity contribution in [3.63, 3.8) is 0 Å². The van der Waals surface area contributed by atoms with Gasteiger partial charge in [-0.05, 0) is 31.2 Å². The molecule has 0 unspecified atom stereocenters. The Morgan fingerprint density at radius 1 is 1.17 bits per heavy atom. The molecule has 0 spiro atoms. The summed E-state index contributed by atoms with van der Waals surface area (Å²) in [5.41, 5.74) is 2.09. The summed E-state index contributed by atoms with van der Waals surface area (Å²) < 4.78 is 25.2. The van der Waals surface area contributed by atoms with Crippen LogP contribution in [0.1, 0.15) is 18.9 Å². The van der Waals surface area contributed by atoms with Gasteiger partial charge in [0.15, 0.2) is 0 Å². The number of nitrogens with one attached hydrogen (secondary N) is 2. The maximum absolute atomic E-state index is 14.8. The maximum atomic E-state index is 14.8. The zero-order valence-corrected chi connectivity index (χ0v) is 16.9. The SMILES string of the molecule is C=C(Nc1ccc(NC(=O)CC=O)cc1)c1c(F)cc(OCCOC)cc1N=CC. The minimum absolute atomic E-state index is 0.206. The van der Waals surface area contributed by atoms with Gasteiger partial charge in [-0.3, -0.25) is 9.79 Å². The third kappa shape index (κ3) is 6.52. The molecule has 0 aliphatic rings. The Morgan fingerprint density at radius 2 is 1.83 bits per heavy atom. The summed E-state index contributed by atoms with van der Waals surface area (Å²) in [6.07, 6.45) is 1.89. The molecule has 2 aromatic carbocycles. The summed E-state index contributed by atoms with van der Waals surface area (Å²) in [5.74, 6) is -0.579. The van der Waals surface area contributed by atoms with Crippen LogP contribution in [0.5, 0.6) is 5.75 Å². The van der Waals surface area contributed by atoms with Crippen molar-refractivity contribution in [3.8, 4) is 5.75 Å². The summed E-state index contributed by atoms with van der Waals surface area (Å²) >= 11 is 0. The van der Waals surface area contributed by atoms with Gasteiger partial charge in [0, 0.05) is 42.5 Å². The number of hydrogen-bond donors (Lipinski definition) is 2. The van der Waals surface area contributed by atoms with E-state index in [9.17, 15) is 14.0 Å². The average molecular weight is 413 g/mol. The van der Waals surface area contributed by atoms with Crippen molar-refractivity contribution in [2.45, 2.75) is 13.3 Å². The van der Waals surface area contributed by atoms with Crippen LogP contribution in [0.4, 0.5) is 21.5 Å². The van der Waals surface area contributed by atoms with Crippen LogP contribution in [-0.2, 0) is 14.3 Å². The number of ether oxygens (including phenoxy) is 2. The molecule has 158 valence electrons. The van der Waals surface area contributed by atoms with Crippen molar-refractivity contribution in [1.29, 1.82) is 0 Å². The highest BCUT2D eigenvalue weighted by Gasteiger charge is 2.15. The number of rotatable bonds is 11. The highest BCUT2D eigenvalue weighted by atomic mass is 19.1. The predicted octanol–water partition coefficient (Wildman–Crippen LogP) is 4.18. The molecule has 2 aromatic rings. The molecule has 1 amide bonds. The highest BCUT2D eigenvalue weighted by Crippen LogP contribution is 2.33. The number of methoxy groups -OCH3 is 1. The second kappa shape index (κ2) is 11.5. The van der Waals surface area contributed by atoms with Crippen molar-refractivity contribution in [3.05, 3.63) is 54.4 Å². The number of carbonyl (C=O) groups is 2. The second-order valence-electron chi connectivity index (χ2n) is 6.13. The van der Waals surface area contributed by atoms with E-state index in [4.69, 9.17) is 9.47 Å². The van der Waals surface area contributed by atoms with Gasteiger partial charge in [-0.2, -0.15) is 0 Å². The van der Waals surface area contributed by atoms with E-state index in [2.05, 4.69) is 22.2 Å². The van der Waals surface area contributed by atoms with E-state index in [1.807, 2.05) is 0 Å². The average Bonchev–Trinajstić information content (AvgIpc) is 2.70. The molecule has 0 saturated carbocycles. The van der Waals surface area contributed by atoms with Crippen LogP contribution in [0, 0.1) is 5.82 Å². The number of amides is 1. The fraction of sp³-hybridized carbons (Fsp3) is 0.227. The van der Waals surface area contributed by atoms with Crippen LogP contribution in [0.15, 0.2) is 48.0 Å². The first-order valence-electron chi connectivity index (χ1n) is 9.22. The molecule has 0 heterocycles. The van der Waals surface area contributed by atoms with E-state index in [-0.39, 0.29) is 12.0 Å². The monoisotopic (exact) mass is 413 g/mol. The van der Waals surface area contributed by atoms with E-state index in [0.29, 0.717) is 48.0 Å². The normalized spacial score (nSPS) is 10.6. The van der Waals surface area contributed by atoms with Crippen LogP contribution < -0.4 is 15.4 Å². The Balaban J connectivity index is 2.17. The van der Waals surface area contributed by atoms with Gasteiger partial charge in [-0.1, -0.05) is 6.58 Å². The standard InChI is InChI=1S/C22H24FN3O4/c1-4-24-20-14-18(30-12-11-29-3)13-19(23)22(20)15(2)25-16-5-7-17(8-6-16)26-21(28)9-10-27/h4-8,10,13-14,25H,2,9,11-12H2,1,3H3,(H,26,28). The van der Waals surface area contributed by atoms with Gasteiger partial charge in [0.25, 0.3) is 0 Å². The molecule has 0 aliphatic carbocycles. The van der Waals surface area contributed by atoms with E-state index in [0.717, 1.165) is 0 Å². The number of anilines is 2. The fourth-order valence-electron chi connectivity index (χ4n) is 2.60. The van der Waals surface area contributed by atoms with E-state index >= 15 is 0 Å². The summed E-state index contributed by atoms with van der Waals surface area (Å²) in [6, 6.07) is 9.62. The summed E-state index contributed by atoms with van der Waals surface area (Å²) in [6.45, 7) is 6.34. The topological polar surface area (TPSA) is 89.0 Å². The van der Waals surface area contributed by atoms with Gasteiger partial charge >= 0.3 is 0 Å². The molecule has 7 nitrogen and oxygen atoms in total. The van der Waals surface area contributed by atoms with Crippen molar-refractivity contribution in [2.24, 2.45) is 4.99 Å². The lowest BCUT2D eigenvalue weighted by Gasteiger charge is -2.15. The van der Waals surface area contributed by atoms with Crippen molar-refractivity contribution in [2.75, 3.05) is 31.0 Å². The number of nitrogens with zero attached hydrogens (tertiary/aromatic N) is 1. The quantitative estimate of drug-likeness (QED) is 0.250.